The van der Waals surface area contributed by atoms with Gasteiger partial charge in [-0.1, -0.05) is 46.0 Å². The Morgan fingerprint density at radius 1 is 1.29 bits per heavy atom. The molecule has 8 nitrogen and oxygen atoms in total. The predicted molar refractivity (Wildman–Crippen MR) is 128 cm³/mol. The number of amides is 1. The van der Waals surface area contributed by atoms with Crippen molar-refractivity contribution < 1.29 is 19.1 Å². The van der Waals surface area contributed by atoms with E-state index in [1.165, 1.54) is 11.8 Å². The van der Waals surface area contributed by atoms with Crippen LogP contribution in [0.15, 0.2) is 35.2 Å². The Balaban J connectivity index is 0.000000582. The highest BCUT2D eigenvalue weighted by molar-refractivity contribution is 8.16. The summed E-state index contributed by atoms with van der Waals surface area (Å²) in [6, 6.07) is 4.61. The number of benzene rings is 1. The minimum Gasteiger partial charge on any atom is -0.441 e. The summed E-state index contributed by atoms with van der Waals surface area (Å²) in [5, 5.41) is 4.68. The third-order valence-electron chi connectivity index (χ3n) is 3.88. The first-order valence-corrected chi connectivity index (χ1v) is 10.7. The standard InChI is InChI=1S/C13H17NO2.C9H17N3O2S/c1-9(2)6-13(16)14-12-5-4-11(8-15)7-10(12)3;1-4-15-9(11)12-5-14-8(13)7(10)6(2)3/h4-5,7-9H,6H2,1-3H3,(H,14,16);4,6-7H,1,5,10H2,2-3H3,(H2,11,12). The Labute approximate surface area is 188 Å². The maximum atomic E-state index is 11.5. The number of aliphatic imine (C=N–C) groups is 1. The Hall–Kier alpha value is -2.65. The van der Waals surface area contributed by atoms with Gasteiger partial charge >= 0.3 is 5.97 Å². The fourth-order valence-electron chi connectivity index (χ4n) is 2.12. The number of anilines is 1. The fourth-order valence-corrected chi connectivity index (χ4v) is 2.42. The number of aldehydes is 1. The summed E-state index contributed by atoms with van der Waals surface area (Å²) in [4.78, 5) is 37.1. The molecular weight excluding hydrogens is 416 g/mol. The zero-order valence-electron chi connectivity index (χ0n) is 18.9. The Morgan fingerprint density at radius 3 is 2.42 bits per heavy atom. The molecule has 0 radical (unpaired) electrons. The molecule has 0 spiro atoms. The van der Waals surface area contributed by atoms with Gasteiger partial charge in [-0.05, 0) is 47.9 Å². The summed E-state index contributed by atoms with van der Waals surface area (Å²) in [6.07, 6.45) is 1.31. The monoisotopic (exact) mass is 450 g/mol. The zero-order valence-corrected chi connectivity index (χ0v) is 19.7. The number of carbonyl (C=O) groups is 3. The van der Waals surface area contributed by atoms with Crippen molar-refractivity contribution >= 4 is 40.8 Å². The highest BCUT2D eigenvalue weighted by Gasteiger charge is 2.18. The van der Waals surface area contributed by atoms with E-state index in [4.69, 9.17) is 16.2 Å². The van der Waals surface area contributed by atoms with Gasteiger partial charge in [-0.25, -0.2) is 4.99 Å². The van der Waals surface area contributed by atoms with Crippen LogP contribution in [0.2, 0.25) is 0 Å². The number of esters is 1. The first-order valence-electron chi connectivity index (χ1n) is 9.87. The molecule has 0 aliphatic carbocycles. The van der Waals surface area contributed by atoms with Gasteiger partial charge in [-0.3, -0.25) is 14.4 Å². The molecule has 5 N–H and O–H groups in total. The second-order valence-electron chi connectivity index (χ2n) is 7.48. The highest BCUT2D eigenvalue weighted by atomic mass is 32.2. The fraction of sp³-hybridized carbons (Fsp3) is 0.455. The lowest BCUT2D eigenvalue weighted by atomic mass is 10.1. The minimum absolute atomic E-state index is 0.0111. The van der Waals surface area contributed by atoms with Crippen LogP contribution in [0.25, 0.3) is 0 Å². The number of nitrogens with one attached hydrogen (secondary N) is 1. The second kappa shape index (κ2) is 15.2. The molecule has 31 heavy (non-hydrogen) atoms. The molecule has 1 aromatic rings. The summed E-state index contributed by atoms with van der Waals surface area (Å²) in [7, 11) is 0. The smallest absolute Gasteiger partial charge is 0.324 e. The number of amidine groups is 1. The van der Waals surface area contributed by atoms with Crippen LogP contribution in [0.5, 0.6) is 0 Å². The van der Waals surface area contributed by atoms with Gasteiger partial charge < -0.3 is 21.5 Å². The largest absolute Gasteiger partial charge is 0.441 e. The van der Waals surface area contributed by atoms with E-state index in [0.717, 1.165) is 17.5 Å². The zero-order chi connectivity index (χ0) is 24.0. The van der Waals surface area contributed by atoms with Gasteiger partial charge in [0, 0.05) is 17.7 Å². The molecule has 1 unspecified atom stereocenters. The van der Waals surface area contributed by atoms with E-state index in [0.29, 0.717) is 23.1 Å². The number of hydrogen-bond donors (Lipinski definition) is 3. The molecule has 9 heteroatoms. The van der Waals surface area contributed by atoms with E-state index >= 15 is 0 Å². The number of carbonyl (C=O) groups excluding carboxylic acids is 3. The lowest BCUT2D eigenvalue weighted by molar-refractivity contribution is -0.146. The average molecular weight is 451 g/mol. The van der Waals surface area contributed by atoms with E-state index in [9.17, 15) is 14.4 Å². The third-order valence-corrected chi connectivity index (χ3v) is 4.41. The quantitative estimate of drug-likeness (QED) is 0.227. The van der Waals surface area contributed by atoms with Gasteiger partial charge in [0.05, 0.1) is 0 Å². The van der Waals surface area contributed by atoms with Crippen molar-refractivity contribution in [3.05, 3.63) is 41.3 Å². The summed E-state index contributed by atoms with van der Waals surface area (Å²) in [5.41, 5.74) is 13.3. The molecule has 0 aliphatic heterocycles. The van der Waals surface area contributed by atoms with Crippen molar-refractivity contribution in [2.45, 2.75) is 47.1 Å². The molecule has 0 bridgehead atoms. The van der Waals surface area contributed by atoms with Gasteiger partial charge in [-0.15, -0.1) is 0 Å². The van der Waals surface area contributed by atoms with E-state index < -0.39 is 12.0 Å². The average Bonchev–Trinajstić information content (AvgIpc) is 2.68. The summed E-state index contributed by atoms with van der Waals surface area (Å²) < 4.78 is 4.80. The first kappa shape index (κ1) is 28.4. The maximum absolute atomic E-state index is 11.5. The molecule has 1 aromatic carbocycles. The number of nitrogens with two attached hydrogens (primary N) is 2. The predicted octanol–water partition coefficient (Wildman–Crippen LogP) is 3.45. The molecule has 172 valence electrons. The second-order valence-corrected chi connectivity index (χ2v) is 8.47. The van der Waals surface area contributed by atoms with Crippen molar-refractivity contribution in [1.29, 1.82) is 0 Å². The Bertz CT molecular complexity index is 779. The molecule has 1 amide bonds. The van der Waals surface area contributed by atoms with E-state index in [2.05, 4.69) is 16.9 Å². The van der Waals surface area contributed by atoms with Crippen molar-refractivity contribution in [3.63, 3.8) is 0 Å². The Kier molecular flexibility index (Phi) is 13.9. The highest BCUT2D eigenvalue weighted by Crippen LogP contribution is 2.16. The number of aryl methyl sites for hydroxylation is 1. The van der Waals surface area contributed by atoms with Crippen LogP contribution in [0, 0.1) is 18.8 Å². The number of hydrogen-bond acceptors (Lipinski definition) is 7. The van der Waals surface area contributed by atoms with Gasteiger partial charge in [0.2, 0.25) is 5.91 Å². The van der Waals surface area contributed by atoms with Crippen LogP contribution >= 0.6 is 11.8 Å². The van der Waals surface area contributed by atoms with Gasteiger partial charge in [0.25, 0.3) is 0 Å². The van der Waals surface area contributed by atoms with Gasteiger partial charge in [0.1, 0.15) is 12.3 Å². The molecule has 0 saturated carbocycles. The Morgan fingerprint density at radius 2 is 1.94 bits per heavy atom. The molecule has 1 rings (SSSR count). The number of nitrogens with zero attached hydrogens (tertiary/aromatic N) is 1. The SMILES string of the molecule is C=CS/C(N)=N/COC(=O)C(N)C(C)C.Cc1cc(C=O)ccc1NC(=O)CC(C)C. The molecule has 0 aliphatic rings. The van der Waals surface area contributed by atoms with Crippen molar-refractivity contribution in [3.8, 4) is 0 Å². The number of thioether (sulfide) groups is 1. The van der Waals surface area contributed by atoms with E-state index in [1.807, 2.05) is 34.6 Å². The van der Waals surface area contributed by atoms with Gasteiger partial charge in [0.15, 0.2) is 11.9 Å². The molecule has 0 aromatic heterocycles. The maximum Gasteiger partial charge on any atom is 0.324 e. The van der Waals surface area contributed by atoms with Crippen molar-refractivity contribution in [2.24, 2.45) is 28.3 Å². The van der Waals surface area contributed by atoms with E-state index in [1.54, 1.807) is 23.6 Å². The molecule has 1 atom stereocenters. The van der Waals surface area contributed by atoms with Crippen molar-refractivity contribution in [2.75, 3.05) is 12.0 Å². The third kappa shape index (κ3) is 12.6. The molecule has 0 heterocycles. The van der Waals surface area contributed by atoms with E-state index in [-0.39, 0.29) is 18.6 Å². The number of rotatable bonds is 9. The molecule has 0 fully saturated rings. The van der Waals surface area contributed by atoms with Crippen LogP contribution < -0.4 is 16.8 Å². The van der Waals surface area contributed by atoms with Gasteiger partial charge in [-0.2, -0.15) is 0 Å². The summed E-state index contributed by atoms with van der Waals surface area (Å²) in [5.74, 6) is -0.0713. The molecule has 0 saturated heterocycles. The lowest BCUT2D eigenvalue weighted by Gasteiger charge is -2.13. The van der Waals surface area contributed by atoms with Crippen LogP contribution in [-0.2, 0) is 14.3 Å². The minimum atomic E-state index is -0.617. The number of ether oxygens (including phenoxy) is 1. The first-order chi connectivity index (χ1) is 14.5. The molecular formula is C22H34N4O4S. The van der Waals surface area contributed by atoms with Crippen molar-refractivity contribution in [1.82, 2.24) is 0 Å². The van der Waals surface area contributed by atoms with Crippen LogP contribution in [0.4, 0.5) is 5.69 Å². The summed E-state index contributed by atoms with van der Waals surface area (Å²) in [6.45, 7) is 12.9. The van der Waals surface area contributed by atoms with Crippen LogP contribution in [0.1, 0.15) is 50.0 Å². The lowest BCUT2D eigenvalue weighted by Crippen LogP contribution is -2.37. The normalized spacial score (nSPS) is 11.9. The summed E-state index contributed by atoms with van der Waals surface area (Å²) >= 11 is 1.17. The van der Waals surface area contributed by atoms with Crippen LogP contribution in [-0.4, -0.2) is 36.1 Å². The topological polar surface area (TPSA) is 137 Å². The van der Waals surface area contributed by atoms with Crippen LogP contribution in [0.3, 0.4) is 0 Å².